The first-order chi connectivity index (χ1) is 15.7. The molecule has 0 radical (unpaired) electrons. The van der Waals surface area contributed by atoms with Gasteiger partial charge < -0.3 is 10.1 Å². The van der Waals surface area contributed by atoms with Crippen LogP contribution in [0.3, 0.4) is 0 Å². The van der Waals surface area contributed by atoms with Crippen LogP contribution in [0, 0.1) is 22.7 Å². The molecule has 4 rings (SSSR count). The van der Waals surface area contributed by atoms with Gasteiger partial charge in [-0.1, -0.05) is 12.1 Å². The zero-order valence-corrected chi connectivity index (χ0v) is 16.7. The highest BCUT2D eigenvalue weighted by atomic mass is 19.4. The van der Waals surface area contributed by atoms with E-state index in [1.807, 2.05) is 30.6 Å². The number of fused-ring (bicyclic) bond motifs is 1. The van der Waals surface area contributed by atoms with Crippen LogP contribution in [-0.4, -0.2) is 42.0 Å². The SMILES string of the molecule is N#CC[C@H](c1cccc(C#N)c1)n1cc(-c2ncc3cc[nH]c3n2)cn1.O=C(O)C(F)(F)F. The average molecular weight is 453 g/mol. The summed E-state index contributed by atoms with van der Waals surface area (Å²) in [6.07, 6.45) is 2.24. The van der Waals surface area contributed by atoms with E-state index in [0.29, 0.717) is 11.4 Å². The molecular weight excluding hydrogens is 439 g/mol. The van der Waals surface area contributed by atoms with E-state index in [1.54, 1.807) is 29.2 Å². The third kappa shape index (κ3) is 5.51. The predicted octanol–water partition coefficient (Wildman–Crippen LogP) is 3.83. The van der Waals surface area contributed by atoms with E-state index in [2.05, 4.69) is 32.2 Å². The lowest BCUT2D eigenvalue weighted by Crippen LogP contribution is -2.21. The highest BCUT2D eigenvalue weighted by Crippen LogP contribution is 2.25. The Morgan fingerprint density at radius 1 is 1.24 bits per heavy atom. The number of benzene rings is 1. The van der Waals surface area contributed by atoms with Gasteiger partial charge in [0.1, 0.15) is 5.65 Å². The third-order valence-corrected chi connectivity index (χ3v) is 4.41. The molecule has 4 aromatic rings. The van der Waals surface area contributed by atoms with Crippen LogP contribution >= 0.6 is 0 Å². The van der Waals surface area contributed by atoms with Crippen molar-refractivity contribution in [2.24, 2.45) is 0 Å². The molecule has 33 heavy (non-hydrogen) atoms. The van der Waals surface area contributed by atoms with Gasteiger partial charge in [-0.05, 0) is 23.8 Å². The minimum atomic E-state index is -5.08. The first kappa shape index (κ1) is 23.0. The molecule has 0 amide bonds. The Hall–Kier alpha value is -4.71. The number of nitrogens with one attached hydrogen (secondary N) is 1. The lowest BCUT2D eigenvalue weighted by Gasteiger charge is -2.15. The minimum Gasteiger partial charge on any atom is -0.475 e. The maximum Gasteiger partial charge on any atom is 0.490 e. The maximum atomic E-state index is 10.6. The van der Waals surface area contributed by atoms with Crippen LogP contribution in [0.4, 0.5) is 13.2 Å². The summed E-state index contributed by atoms with van der Waals surface area (Å²) >= 11 is 0. The summed E-state index contributed by atoms with van der Waals surface area (Å²) in [7, 11) is 0. The molecule has 1 aromatic carbocycles. The Morgan fingerprint density at radius 3 is 2.67 bits per heavy atom. The van der Waals surface area contributed by atoms with Crippen molar-refractivity contribution in [2.75, 3.05) is 0 Å². The van der Waals surface area contributed by atoms with Gasteiger partial charge in [0.2, 0.25) is 0 Å². The van der Waals surface area contributed by atoms with Crippen LogP contribution in [0.1, 0.15) is 23.6 Å². The number of aliphatic carboxylic acids is 1. The molecule has 12 heteroatoms. The van der Waals surface area contributed by atoms with Crippen molar-refractivity contribution in [3.05, 3.63) is 66.2 Å². The van der Waals surface area contributed by atoms with Crippen LogP contribution in [0.2, 0.25) is 0 Å². The number of alkyl halides is 3. The Bertz CT molecular complexity index is 1360. The number of aromatic nitrogens is 5. The first-order valence-electron chi connectivity index (χ1n) is 9.24. The molecule has 166 valence electrons. The van der Waals surface area contributed by atoms with E-state index in [1.165, 1.54) is 0 Å². The fourth-order valence-electron chi connectivity index (χ4n) is 2.87. The summed E-state index contributed by atoms with van der Waals surface area (Å²) in [5, 5.41) is 30.8. The van der Waals surface area contributed by atoms with Crippen LogP contribution < -0.4 is 0 Å². The highest BCUT2D eigenvalue weighted by Gasteiger charge is 2.38. The summed E-state index contributed by atoms with van der Waals surface area (Å²) in [5.74, 6) is -2.19. The minimum absolute atomic E-state index is 0.243. The summed E-state index contributed by atoms with van der Waals surface area (Å²) < 4.78 is 33.5. The molecule has 0 aliphatic heterocycles. The molecule has 0 fully saturated rings. The van der Waals surface area contributed by atoms with Gasteiger partial charge in [0.25, 0.3) is 0 Å². The smallest absolute Gasteiger partial charge is 0.475 e. The van der Waals surface area contributed by atoms with Crippen LogP contribution in [0.25, 0.3) is 22.4 Å². The lowest BCUT2D eigenvalue weighted by atomic mass is 10.0. The number of halogens is 3. The quantitative estimate of drug-likeness (QED) is 0.478. The number of carbonyl (C=O) groups is 1. The van der Waals surface area contributed by atoms with Crippen molar-refractivity contribution >= 4 is 17.0 Å². The van der Waals surface area contributed by atoms with E-state index >= 15 is 0 Å². The number of nitrogens with zero attached hydrogens (tertiary/aromatic N) is 6. The molecule has 0 saturated heterocycles. The molecule has 0 aliphatic rings. The zero-order valence-electron chi connectivity index (χ0n) is 16.7. The Labute approximate surface area is 184 Å². The number of hydrogen-bond acceptors (Lipinski definition) is 6. The number of rotatable bonds is 4. The highest BCUT2D eigenvalue weighted by molar-refractivity contribution is 5.76. The lowest BCUT2D eigenvalue weighted by molar-refractivity contribution is -0.192. The van der Waals surface area contributed by atoms with Gasteiger partial charge in [-0.25, -0.2) is 14.8 Å². The number of aromatic amines is 1. The summed E-state index contributed by atoms with van der Waals surface area (Å²) in [4.78, 5) is 20.8. The molecule has 9 nitrogen and oxygen atoms in total. The number of hydrogen-bond donors (Lipinski definition) is 2. The van der Waals surface area contributed by atoms with Gasteiger partial charge >= 0.3 is 12.1 Å². The van der Waals surface area contributed by atoms with Crippen molar-refractivity contribution in [1.82, 2.24) is 24.7 Å². The Balaban J connectivity index is 0.000000383. The standard InChI is InChI=1S/C19H13N7.C2HF3O2/c20-6-4-17(14-3-1-2-13(8-14)9-21)26-12-16(11-24-26)19-23-10-15-5-7-22-18(15)25-19;3-2(4,5)1(6)7/h1-3,5,7-8,10-12,17H,4H2,(H,22,23,25);(H,6,7)/t17-;/m1./s1. The van der Waals surface area contributed by atoms with Crippen molar-refractivity contribution in [3.8, 4) is 23.5 Å². The second kappa shape index (κ2) is 9.62. The summed E-state index contributed by atoms with van der Waals surface area (Å²) in [5.41, 5.74) is 2.94. The fraction of sp³-hybridized carbons (Fsp3) is 0.143. The van der Waals surface area contributed by atoms with Crippen LogP contribution in [0.15, 0.2) is 55.1 Å². The van der Waals surface area contributed by atoms with Crippen LogP contribution in [-0.2, 0) is 4.79 Å². The monoisotopic (exact) mass is 453 g/mol. The van der Waals surface area contributed by atoms with Crippen molar-refractivity contribution in [1.29, 1.82) is 10.5 Å². The van der Waals surface area contributed by atoms with E-state index in [0.717, 1.165) is 22.2 Å². The second-order valence-electron chi connectivity index (χ2n) is 6.60. The molecule has 2 N–H and O–H groups in total. The number of carboxylic acids is 1. The molecule has 0 bridgehead atoms. The molecule has 1 atom stereocenters. The summed E-state index contributed by atoms with van der Waals surface area (Å²) in [6.45, 7) is 0. The molecule has 0 unspecified atom stereocenters. The van der Waals surface area contributed by atoms with Gasteiger partial charge in [0, 0.05) is 24.0 Å². The van der Waals surface area contributed by atoms with Gasteiger partial charge in [0.05, 0.1) is 41.9 Å². The van der Waals surface area contributed by atoms with Crippen molar-refractivity contribution in [3.63, 3.8) is 0 Å². The molecule has 3 aromatic heterocycles. The van der Waals surface area contributed by atoms with Gasteiger partial charge in [-0.15, -0.1) is 0 Å². The zero-order chi connectivity index (χ0) is 24.0. The van der Waals surface area contributed by atoms with Crippen molar-refractivity contribution < 1.29 is 23.1 Å². The fourth-order valence-corrected chi connectivity index (χ4v) is 2.87. The third-order valence-electron chi connectivity index (χ3n) is 4.41. The van der Waals surface area contributed by atoms with E-state index in [4.69, 9.17) is 15.2 Å². The van der Waals surface area contributed by atoms with Gasteiger partial charge in [0.15, 0.2) is 5.82 Å². The Kier molecular flexibility index (Phi) is 6.69. The van der Waals surface area contributed by atoms with E-state index in [-0.39, 0.29) is 12.5 Å². The summed E-state index contributed by atoms with van der Waals surface area (Å²) in [6, 6.07) is 13.2. The van der Waals surface area contributed by atoms with E-state index < -0.39 is 12.1 Å². The normalized spacial score (nSPS) is 11.7. The van der Waals surface area contributed by atoms with E-state index in [9.17, 15) is 18.4 Å². The van der Waals surface area contributed by atoms with Crippen LogP contribution in [0.5, 0.6) is 0 Å². The number of nitriles is 2. The molecule has 0 saturated carbocycles. The molecule has 0 aliphatic carbocycles. The first-order valence-corrected chi connectivity index (χ1v) is 9.24. The second-order valence-corrected chi connectivity index (χ2v) is 6.60. The maximum absolute atomic E-state index is 10.6. The molecular formula is C21H14F3N7O2. The number of carboxylic acid groups (broad SMARTS) is 1. The largest absolute Gasteiger partial charge is 0.490 e. The van der Waals surface area contributed by atoms with Crippen molar-refractivity contribution in [2.45, 2.75) is 18.6 Å². The number of H-pyrrole nitrogens is 1. The van der Waals surface area contributed by atoms with Gasteiger partial charge in [-0.2, -0.15) is 28.8 Å². The van der Waals surface area contributed by atoms with Gasteiger partial charge in [-0.3, -0.25) is 4.68 Å². The molecule has 0 spiro atoms. The average Bonchev–Trinajstić information content (AvgIpc) is 3.46. The molecule has 3 heterocycles. The predicted molar refractivity (Wildman–Crippen MR) is 108 cm³/mol. The topological polar surface area (TPSA) is 144 Å². The Morgan fingerprint density at radius 2 is 2.00 bits per heavy atom.